The summed E-state index contributed by atoms with van der Waals surface area (Å²) in [7, 11) is 5.26. The van der Waals surface area contributed by atoms with Gasteiger partial charge in [0.1, 0.15) is 11.5 Å². The van der Waals surface area contributed by atoms with E-state index in [1.165, 1.54) is 0 Å². The molecule has 0 unspecified atom stereocenters. The average molecular weight is 498 g/mol. The average Bonchev–Trinajstić information content (AvgIpc) is 3.38. The molecule has 2 heterocycles. The summed E-state index contributed by atoms with van der Waals surface area (Å²) in [6.07, 6.45) is 0.812. The first-order chi connectivity index (χ1) is 18.0. The molecule has 190 valence electrons. The Morgan fingerprint density at radius 3 is 2.46 bits per heavy atom. The molecule has 2 aliphatic heterocycles. The lowest BCUT2D eigenvalue weighted by Gasteiger charge is -2.44. The normalized spacial score (nSPS) is 19.8. The molecule has 7 nitrogen and oxygen atoms in total. The van der Waals surface area contributed by atoms with E-state index in [0.29, 0.717) is 18.0 Å². The molecule has 0 bridgehead atoms. The Morgan fingerprint density at radius 2 is 1.73 bits per heavy atom. The number of amides is 2. The van der Waals surface area contributed by atoms with E-state index < -0.39 is 0 Å². The summed E-state index contributed by atoms with van der Waals surface area (Å²) in [5.41, 5.74) is 4.52. The largest absolute Gasteiger partial charge is 0.497 e. The Kier molecular flexibility index (Phi) is 6.93. The van der Waals surface area contributed by atoms with Crippen molar-refractivity contribution in [2.45, 2.75) is 18.5 Å². The minimum Gasteiger partial charge on any atom is -0.497 e. The van der Waals surface area contributed by atoms with Crippen molar-refractivity contribution in [1.29, 1.82) is 0 Å². The Balaban J connectivity index is 1.46. The first-order valence-electron chi connectivity index (χ1n) is 12.4. The Morgan fingerprint density at radius 1 is 1.00 bits per heavy atom. The Bertz CT molecular complexity index is 1340. The summed E-state index contributed by atoms with van der Waals surface area (Å²) in [5.74, 6) is 8.09. The van der Waals surface area contributed by atoms with Gasteiger partial charge in [-0.3, -0.25) is 0 Å². The summed E-state index contributed by atoms with van der Waals surface area (Å²) in [6.45, 7) is 0.637. The molecule has 0 aromatic heterocycles. The zero-order chi connectivity index (χ0) is 25.9. The number of aliphatic hydroxyl groups excluding tert-OH is 1. The van der Waals surface area contributed by atoms with Gasteiger partial charge in [0.2, 0.25) is 0 Å². The fourth-order valence-electron chi connectivity index (χ4n) is 5.47. The Labute approximate surface area is 217 Å². The van der Waals surface area contributed by atoms with Crippen LogP contribution < -0.4 is 19.7 Å². The van der Waals surface area contributed by atoms with E-state index in [-0.39, 0.29) is 30.6 Å². The van der Waals surface area contributed by atoms with E-state index in [1.807, 2.05) is 66.5 Å². The molecular weight excluding hydrogens is 466 g/mol. The molecule has 0 radical (unpaired) electrons. The highest BCUT2D eigenvalue weighted by molar-refractivity contribution is 5.90. The number of rotatable bonds is 4. The second kappa shape index (κ2) is 10.5. The van der Waals surface area contributed by atoms with E-state index in [4.69, 9.17) is 9.47 Å². The molecule has 37 heavy (non-hydrogen) atoms. The maximum Gasteiger partial charge on any atom is 0.322 e. The lowest BCUT2D eigenvalue weighted by atomic mass is 9.81. The monoisotopic (exact) mass is 497 g/mol. The number of nitrogens with zero attached hydrogens (tertiary/aromatic N) is 2. The minimum atomic E-state index is -0.164. The molecule has 1 fully saturated rings. The highest BCUT2D eigenvalue weighted by Gasteiger charge is 2.47. The van der Waals surface area contributed by atoms with Gasteiger partial charge < -0.3 is 29.7 Å². The minimum absolute atomic E-state index is 0.0292. The highest BCUT2D eigenvalue weighted by Crippen LogP contribution is 2.48. The third-order valence-electron chi connectivity index (χ3n) is 7.37. The first kappa shape index (κ1) is 24.5. The molecule has 2 amide bonds. The zero-order valence-corrected chi connectivity index (χ0v) is 21.3. The van der Waals surface area contributed by atoms with E-state index in [0.717, 1.165) is 34.5 Å². The lowest BCUT2D eigenvalue weighted by Crippen LogP contribution is -2.48. The second-order valence-electron chi connectivity index (χ2n) is 9.37. The van der Waals surface area contributed by atoms with Crippen molar-refractivity contribution in [2.24, 2.45) is 5.92 Å². The topological polar surface area (TPSA) is 74.3 Å². The van der Waals surface area contributed by atoms with Gasteiger partial charge in [0.15, 0.2) is 0 Å². The van der Waals surface area contributed by atoms with Crippen LogP contribution in [-0.4, -0.2) is 56.5 Å². The van der Waals surface area contributed by atoms with Crippen LogP contribution in [0.3, 0.4) is 0 Å². The number of likely N-dealkylation sites (tertiary alicyclic amines) is 1. The zero-order valence-electron chi connectivity index (χ0n) is 21.3. The second-order valence-corrected chi connectivity index (χ2v) is 9.37. The predicted octanol–water partition coefficient (Wildman–Crippen LogP) is 4.51. The van der Waals surface area contributed by atoms with Crippen molar-refractivity contribution < 1.29 is 19.4 Å². The number of hydrogen-bond acceptors (Lipinski definition) is 5. The molecule has 0 saturated carbocycles. The summed E-state index contributed by atoms with van der Waals surface area (Å²) >= 11 is 0. The number of urea groups is 1. The Hall–Kier alpha value is -4.15. The molecule has 2 aliphatic rings. The van der Waals surface area contributed by atoms with Crippen molar-refractivity contribution in [2.75, 3.05) is 44.6 Å². The number of methoxy groups -OCH3 is 2. The number of carbonyl (C=O) groups excluding carboxylic acids is 1. The molecule has 0 aliphatic carbocycles. The van der Waals surface area contributed by atoms with Gasteiger partial charge in [0.25, 0.3) is 0 Å². The number of aliphatic hydroxyl groups is 1. The van der Waals surface area contributed by atoms with Gasteiger partial charge >= 0.3 is 6.03 Å². The van der Waals surface area contributed by atoms with E-state index in [2.05, 4.69) is 28.1 Å². The number of hydrogen-bond donors (Lipinski definition) is 2. The van der Waals surface area contributed by atoms with Gasteiger partial charge in [-0.25, -0.2) is 4.79 Å². The van der Waals surface area contributed by atoms with E-state index in [1.54, 1.807) is 20.3 Å². The van der Waals surface area contributed by atoms with Crippen LogP contribution in [-0.2, 0) is 0 Å². The van der Waals surface area contributed by atoms with Crippen LogP contribution in [0.25, 0.3) is 0 Å². The number of carbonyl (C=O) groups is 1. The smallest absolute Gasteiger partial charge is 0.322 e. The van der Waals surface area contributed by atoms with Gasteiger partial charge in [-0.1, -0.05) is 17.9 Å². The molecule has 3 aromatic rings. The number of fused-ring (bicyclic) bond motifs is 3. The molecule has 7 heteroatoms. The summed E-state index contributed by atoms with van der Waals surface area (Å²) in [4.78, 5) is 17.5. The van der Waals surface area contributed by atoms with Crippen LogP contribution in [0.5, 0.6) is 11.5 Å². The van der Waals surface area contributed by atoms with Crippen molar-refractivity contribution >= 4 is 17.4 Å². The third kappa shape index (κ3) is 4.81. The van der Waals surface area contributed by atoms with Crippen molar-refractivity contribution in [1.82, 2.24) is 4.90 Å². The summed E-state index contributed by atoms with van der Waals surface area (Å²) in [5, 5.41) is 13.3. The number of nitrogens with one attached hydrogen (secondary N) is 1. The van der Waals surface area contributed by atoms with Gasteiger partial charge in [-0.2, -0.15) is 0 Å². The third-order valence-corrected chi connectivity index (χ3v) is 7.37. The van der Waals surface area contributed by atoms with Crippen molar-refractivity contribution in [3.05, 3.63) is 83.4 Å². The quantitative estimate of drug-likeness (QED) is 0.519. The lowest BCUT2D eigenvalue weighted by molar-refractivity contribution is 0.168. The summed E-state index contributed by atoms with van der Waals surface area (Å²) < 4.78 is 10.5. The van der Waals surface area contributed by atoms with Gasteiger partial charge in [-0.05, 0) is 66.6 Å². The van der Waals surface area contributed by atoms with Crippen LogP contribution in [0.4, 0.5) is 16.2 Å². The molecule has 3 aromatic carbocycles. The maximum absolute atomic E-state index is 13.5. The number of likely N-dealkylation sites (N-methyl/N-ethyl adjacent to an activating group) is 1. The predicted molar refractivity (Wildman–Crippen MR) is 144 cm³/mol. The van der Waals surface area contributed by atoms with Crippen LogP contribution in [0.1, 0.15) is 29.2 Å². The SMILES string of the molecule is COc1ccc(C#Cc2ccc3c(c2)[C@@H]2[C@@H](CCN2C(=O)Nc2cccc(OC)c2)[C@@H](CO)N3C)cc1. The number of anilines is 2. The number of benzene rings is 3. The van der Waals surface area contributed by atoms with Crippen molar-refractivity contribution in [3.63, 3.8) is 0 Å². The van der Waals surface area contributed by atoms with Crippen molar-refractivity contribution in [3.8, 4) is 23.3 Å². The number of ether oxygens (including phenoxy) is 2. The van der Waals surface area contributed by atoms with Gasteiger partial charge in [-0.15, -0.1) is 0 Å². The van der Waals surface area contributed by atoms with Crippen LogP contribution in [0.15, 0.2) is 66.7 Å². The first-order valence-corrected chi connectivity index (χ1v) is 12.4. The fourth-order valence-corrected chi connectivity index (χ4v) is 5.47. The highest BCUT2D eigenvalue weighted by atomic mass is 16.5. The maximum atomic E-state index is 13.5. The fraction of sp³-hybridized carbons (Fsp3) is 0.300. The van der Waals surface area contributed by atoms with Crippen LogP contribution >= 0.6 is 0 Å². The van der Waals surface area contributed by atoms with Crippen LogP contribution in [0.2, 0.25) is 0 Å². The molecule has 5 rings (SSSR count). The molecule has 3 atom stereocenters. The van der Waals surface area contributed by atoms with Gasteiger partial charge in [0, 0.05) is 48.1 Å². The van der Waals surface area contributed by atoms with Crippen LogP contribution in [0, 0.1) is 17.8 Å². The van der Waals surface area contributed by atoms with E-state index >= 15 is 0 Å². The van der Waals surface area contributed by atoms with E-state index in [9.17, 15) is 9.90 Å². The molecule has 2 N–H and O–H groups in total. The van der Waals surface area contributed by atoms with Gasteiger partial charge in [0.05, 0.1) is 32.9 Å². The molecule has 0 spiro atoms. The molecule has 1 saturated heterocycles. The standard InChI is InChI=1S/C30H31N3O4/c1-32-27-14-11-21(8-7-20-9-12-23(36-2)13-10-20)17-26(27)29-25(28(32)19-34)15-16-33(29)30(35)31-22-5-4-6-24(18-22)37-3/h4-6,9-14,17-18,25,28-29,34H,15-16,19H2,1-3H3,(H,31,35)/t25-,28+,29-/m0/s1. The molecular formula is C30H31N3O4. The summed E-state index contributed by atoms with van der Waals surface area (Å²) in [6, 6.07) is 20.7.